The third-order valence-corrected chi connectivity index (χ3v) is 3.61. The molecule has 1 aliphatic rings. The number of hydrogen-bond donors (Lipinski definition) is 2. The van der Waals surface area contributed by atoms with Crippen LogP contribution in [0.5, 0.6) is 5.75 Å². The Morgan fingerprint density at radius 1 is 1.47 bits per heavy atom. The van der Waals surface area contributed by atoms with Gasteiger partial charge in [-0.15, -0.1) is 5.10 Å². The predicted molar refractivity (Wildman–Crippen MR) is 64.7 cm³/mol. The lowest BCUT2D eigenvalue weighted by Gasteiger charge is -2.16. The number of fused-ring (bicyclic) bond motifs is 1. The molecule has 1 unspecified atom stereocenters. The Kier molecular flexibility index (Phi) is 2.76. The lowest BCUT2D eigenvalue weighted by Crippen LogP contribution is -2.28. The molecular formula is C11H12N4OS. The molecule has 0 saturated carbocycles. The van der Waals surface area contributed by atoms with Gasteiger partial charge < -0.3 is 4.74 Å². The Morgan fingerprint density at radius 3 is 3.18 bits per heavy atom. The maximum atomic E-state index is 5.68. The van der Waals surface area contributed by atoms with Crippen LogP contribution in [0.4, 0.5) is 0 Å². The van der Waals surface area contributed by atoms with Crippen LogP contribution in [0.3, 0.4) is 0 Å². The standard InChI is InChI=1S/C11H12N4OS/c12-14-10(9-6-13-15-17-9)8-3-1-2-7-4-5-16-11(7)8/h1-3,6,10,14H,4-5,12H2. The first-order valence-corrected chi connectivity index (χ1v) is 6.15. The molecule has 0 fully saturated rings. The van der Waals surface area contributed by atoms with Gasteiger partial charge in [0.05, 0.1) is 23.7 Å². The summed E-state index contributed by atoms with van der Waals surface area (Å²) in [6.45, 7) is 0.741. The highest BCUT2D eigenvalue weighted by molar-refractivity contribution is 7.05. The molecule has 2 aromatic rings. The second-order valence-electron chi connectivity index (χ2n) is 3.85. The van der Waals surface area contributed by atoms with E-state index in [-0.39, 0.29) is 6.04 Å². The first-order chi connectivity index (χ1) is 8.40. The van der Waals surface area contributed by atoms with Crippen LogP contribution in [0.2, 0.25) is 0 Å². The summed E-state index contributed by atoms with van der Waals surface area (Å²) in [6.07, 6.45) is 2.69. The molecule has 0 bridgehead atoms. The summed E-state index contributed by atoms with van der Waals surface area (Å²) in [4.78, 5) is 0.983. The second-order valence-corrected chi connectivity index (χ2v) is 4.67. The highest BCUT2D eigenvalue weighted by Crippen LogP contribution is 2.36. The van der Waals surface area contributed by atoms with Gasteiger partial charge in [-0.3, -0.25) is 5.84 Å². The maximum Gasteiger partial charge on any atom is 0.127 e. The minimum Gasteiger partial charge on any atom is -0.493 e. The van der Waals surface area contributed by atoms with Crippen LogP contribution in [0, 0.1) is 0 Å². The van der Waals surface area contributed by atoms with E-state index >= 15 is 0 Å². The van der Waals surface area contributed by atoms with E-state index in [1.807, 2.05) is 12.1 Å². The van der Waals surface area contributed by atoms with Crippen molar-refractivity contribution < 1.29 is 4.74 Å². The number of ether oxygens (including phenoxy) is 1. The van der Waals surface area contributed by atoms with Crippen molar-refractivity contribution >= 4 is 11.5 Å². The number of nitrogens with zero attached hydrogens (tertiary/aromatic N) is 2. The van der Waals surface area contributed by atoms with Crippen LogP contribution in [0.25, 0.3) is 0 Å². The zero-order chi connectivity index (χ0) is 11.7. The van der Waals surface area contributed by atoms with E-state index in [4.69, 9.17) is 10.6 Å². The van der Waals surface area contributed by atoms with Crippen molar-refractivity contribution in [3.63, 3.8) is 0 Å². The Bertz CT molecular complexity index is 514. The first-order valence-electron chi connectivity index (χ1n) is 5.38. The largest absolute Gasteiger partial charge is 0.493 e. The van der Waals surface area contributed by atoms with Gasteiger partial charge in [-0.25, -0.2) is 5.43 Å². The number of para-hydroxylation sites is 1. The van der Waals surface area contributed by atoms with Crippen molar-refractivity contribution in [2.75, 3.05) is 6.61 Å². The molecule has 1 aromatic carbocycles. The molecule has 1 aliphatic heterocycles. The van der Waals surface area contributed by atoms with Crippen LogP contribution < -0.4 is 16.0 Å². The van der Waals surface area contributed by atoms with Gasteiger partial charge in [0.15, 0.2) is 0 Å². The summed E-state index contributed by atoms with van der Waals surface area (Å²) in [6, 6.07) is 6.03. The Hall–Kier alpha value is -1.50. The summed E-state index contributed by atoms with van der Waals surface area (Å²) in [5.41, 5.74) is 5.09. The summed E-state index contributed by atoms with van der Waals surface area (Å²) in [7, 11) is 0. The van der Waals surface area contributed by atoms with Crippen LogP contribution in [-0.2, 0) is 6.42 Å². The summed E-state index contributed by atoms with van der Waals surface area (Å²) < 4.78 is 9.54. The van der Waals surface area contributed by atoms with Crippen molar-refractivity contribution in [1.82, 2.24) is 15.0 Å². The topological polar surface area (TPSA) is 73.1 Å². The van der Waals surface area contributed by atoms with Crippen LogP contribution >= 0.6 is 11.5 Å². The van der Waals surface area contributed by atoms with E-state index in [0.29, 0.717) is 0 Å². The quantitative estimate of drug-likeness (QED) is 0.627. The predicted octanol–water partition coefficient (Wildman–Crippen LogP) is 1.03. The Labute approximate surface area is 103 Å². The number of nitrogens with two attached hydrogens (primary N) is 1. The zero-order valence-corrected chi connectivity index (χ0v) is 9.91. The van der Waals surface area contributed by atoms with Crippen molar-refractivity contribution in [2.24, 2.45) is 5.84 Å². The van der Waals surface area contributed by atoms with Gasteiger partial charge in [0, 0.05) is 12.0 Å². The minimum atomic E-state index is -0.108. The Balaban J connectivity index is 2.06. The van der Waals surface area contributed by atoms with Gasteiger partial charge >= 0.3 is 0 Å². The fourth-order valence-corrected chi connectivity index (χ4v) is 2.68. The lowest BCUT2D eigenvalue weighted by atomic mass is 10.0. The molecule has 0 aliphatic carbocycles. The highest BCUT2D eigenvalue weighted by Gasteiger charge is 2.23. The van der Waals surface area contributed by atoms with Gasteiger partial charge in [0.2, 0.25) is 0 Å². The highest BCUT2D eigenvalue weighted by atomic mass is 32.1. The minimum absolute atomic E-state index is 0.108. The van der Waals surface area contributed by atoms with Gasteiger partial charge in [-0.05, 0) is 17.1 Å². The maximum absolute atomic E-state index is 5.68. The van der Waals surface area contributed by atoms with Gasteiger partial charge in [-0.1, -0.05) is 22.7 Å². The van der Waals surface area contributed by atoms with Crippen LogP contribution in [-0.4, -0.2) is 16.2 Å². The van der Waals surface area contributed by atoms with E-state index in [2.05, 4.69) is 21.1 Å². The number of nitrogens with one attached hydrogen (secondary N) is 1. The normalized spacial score (nSPS) is 15.4. The number of aromatic nitrogens is 2. The Morgan fingerprint density at radius 2 is 2.41 bits per heavy atom. The van der Waals surface area contributed by atoms with E-state index < -0.39 is 0 Å². The molecule has 6 heteroatoms. The summed E-state index contributed by atoms with van der Waals surface area (Å²) in [5, 5.41) is 3.84. The van der Waals surface area contributed by atoms with Gasteiger partial charge in [-0.2, -0.15) is 0 Å². The van der Waals surface area contributed by atoms with Crippen molar-refractivity contribution in [1.29, 1.82) is 0 Å². The van der Waals surface area contributed by atoms with Crippen molar-refractivity contribution in [3.8, 4) is 5.75 Å². The zero-order valence-electron chi connectivity index (χ0n) is 9.09. The lowest BCUT2D eigenvalue weighted by molar-refractivity contribution is 0.350. The number of rotatable bonds is 3. The molecule has 5 nitrogen and oxygen atoms in total. The van der Waals surface area contributed by atoms with E-state index in [9.17, 15) is 0 Å². The molecule has 1 atom stereocenters. The molecule has 0 radical (unpaired) electrons. The molecule has 2 heterocycles. The molecule has 0 saturated heterocycles. The van der Waals surface area contributed by atoms with E-state index in [1.165, 1.54) is 17.1 Å². The third-order valence-electron chi connectivity index (χ3n) is 2.89. The molecule has 17 heavy (non-hydrogen) atoms. The smallest absolute Gasteiger partial charge is 0.127 e. The number of benzene rings is 1. The number of hydrogen-bond acceptors (Lipinski definition) is 6. The second kappa shape index (κ2) is 4.40. The molecule has 3 rings (SSSR count). The molecular weight excluding hydrogens is 236 g/mol. The van der Waals surface area contributed by atoms with Gasteiger partial charge in [0.25, 0.3) is 0 Å². The molecule has 3 N–H and O–H groups in total. The molecule has 0 amide bonds. The van der Waals surface area contributed by atoms with Gasteiger partial charge in [0.1, 0.15) is 5.75 Å². The summed E-state index contributed by atoms with van der Waals surface area (Å²) in [5.74, 6) is 6.58. The van der Waals surface area contributed by atoms with Crippen molar-refractivity contribution in [3.05, 3.63) is 40.4 Å². The third kappa shape index (κ3) is 1.80. The monoisotopic (exact) mass is 248 g/mol. The molecule has 88 valence electrons. The van der Waals surface area contributed by atoms with E-state index in [1.54, 1.807) is 6.20 Å². The fraction of sp³-hybridized carbons (Fsp3) is 0.273. The SMILES string of the molecule is NNC(c1cnns1)c1cccc2c1OCC2. The molecule has 0 spiro atoms. The van der Waals surface area contributed by atoms with Crippen LogP contribution in [0.1, 0.15) is 22.0 Å². The first kappa shape index (κ1) is 10.6. The van der Waals surface area contributed by atoms with Crippen LogP contribution in [0.15, 0.2) is 24.4 Å². The fourth-order valence-electron chi connectivity index (χ4n) is 2.10. The average Bonchev–Trinajstić information content (AvgIpc) is 3.00. The van der Waals surface area contributed by atoms with E-state index in [0.717, 1.165) is 29.2 Å². The van der Waals surface area contributed by atoms with Crippen molar-refractivity contribution in [2.45, 2.75) is 12.5 Å². The number of hydrazine groups is 1. The average molecular weight is 248 g/mol. The summed E-state index contributed by atoms with van der Waals surface area (Å²) >= 11 is 1.34. The molecule has 1 aromatic heterocycles.